The van der Waals surface area contributed by atoms with Crippen molar-refractivity contribution in [3.63, 3.8) is 0 Å². The molecule has 1 amide bonds. The summed E-state index contributed by atoms with van der Waals surface area (Å²) in [5, 5.41) is 0. The number of aryl methyl sites for hydroxylation is 1. The molecule has 0 N–H and O–H groups in total. The molecule has 6 heteroatoms. The number of carbonyl (C=O) groups excluding carboxylic acids is 1. The Kier molecular flexibility index (Phi) is 3.81. The largest absolute Gasteiger partial charge is 0.488 e. The van der Waals surface area contributed by atoms with Gasteiger partial charge in [0.05, 0.1) is 15.8 Å². The van der Waals surface area contributed by atoms with Crippen LogP contribution >= 0.6 is 23.1 Å². The highest BCUT2D eigenvalue weighted by Gasteiger charge is 2.51. The molecule has 4 heterocycles. The van der Waals surface area contributed by atoms with Gasteiger partial charge in [-0.1, -0.05) is 0 Å². The molecule has 1 atom stereocenters. The van der Waals surface area contributed by atoms with Crippen LogP contribution in [0.4, 0.5) is 0 Å². The lowest BCUT2D eigenvalue weighted by Gasteiger charge is -2.47. The number of rotatable bonds is 3. The number of amides is 1. The van der Waals surface area contributed by atoms with Crippen LogP contribution < -0.4 is 4.74 Å². The summed E-state index contributed by atoms with van der Waals surface area (Å²) in [6.45, 7) is 3.70. The van der Waals surface area contributed by atoms with Crippen molar-refractivity contribution in [2.45, 2.75) is 24.2 Å². The molecule has 2 aliphatic heterocycles. The minimum Gasteiger partial charge on any atom is -0.488 e. The van der Waals surface area contributed by atoms with Crippen molar-refractivity contribution >= 4 is 29.0 Å². The average molecular weight is 346 g/mol. The first-order valence-corrected chi connectivity index (χ1v) is 9.50. The van der Waals surface area contributed by atoms with E-state index in [1.165, 1.54) is 4.88 Å². The van der Waals surface area contributed by atoms with E-state index in [1.54, 1.807) is 23.7 Å². The van der Waals surface area contributed by atoms with Gasteiger partial charge in [0, 0.05) is 36.3 Å². The van der Waals surface area contributed by atoms with E-state index in [1.807, 2.05) is 47.9 Å². The predicted octanol–water partition coefficient (Wildman–Crippen LogP) is 3.23. The Morgan fingerprint density at radius 3 is 2.96 bits per heavy atom. The van der Waals surface area contributed by atoms with Gasteiger partial charge < -0.3 is 9.64 Å². The highest BCUT2D eigenvalue weighted by atomic mass is 32.2. The van der Waals surface area contributed by atoms with Crippen LogP contribution in [0.15, 0.2) is 36.7 Å². The highest BCUT2D eigenvalue weighted by Crippen LogP contribution is 2.46. The fraction of sp³-hybridized carbons (Fsp3) is 0.412. The van der Waals surface area contributed by atoms with Gasteiger partial charge in [-0.25, -0.2) is 0 Å². The van der Waals surface area contributed by atoms with Crippen LogP contribution in [0.1, 0.15) is 21.0 Å². The molecule has 2 aliphatic rings. The molecule has 120 valence electrons. The molecule has 0 saturated carbocycles. The molecule has 2 fully saturated rings. The average Bonchev–Trinajstić information content (AvgIpc) is 3.13. The Hall–Kier alpha value is -1.53. The molecule has 2 aromatic rings. The van der Waals surface area contributed by atoms with Gasteiger partial charge in [0.15, 0.2) is 0 Å². The second-order valence-electron chi connectivity index (χ2n) is 6.20. The van der Waals surface area contributed by atoms with Crippen molar-refractivity contribution in [3.8, 4) is 5.75 Å². The highest BCUT2D eigenvalue weighted by molar-refractivity contribution is 8.01. The first-order valence-electron chi connectivity index (χ1n) is 7.70. The normalized spacial score (nSPS) is 22.1. The van der Waals surface area contributed by atoms with E-state index in [9.17, 15) is 4.79 Å². The van der Waals surface area contributed by atoms with Gasteiger partial charge in [-0.05, 0) is 31.2 Å². The van der Waals surface area contributed by atoms with Gasteiger partial charge in [0.1, 0.15) is 11.9 Å². The summed E-state index contributed by atoms with van der Waals surface area (Å²) in [7, 11) is 0. The summed E-state index contributed by atoms with van der Waals surface area (Å²) >= 11 is 3.52. The summed E-state index contributed by atoms with van der Waals surface area (Å²) in [5.41, 5.74) is 0. The van der Waals surface area contributed by atoms with Gasteiger partial charge in [0.25, 0.3) is 5.91 Å². The smallest absolute Gasteiger partial charge is 0.264 e. The lowest BCUT2D eigenvalue weighted by atomic mass is 9.92. The zero-order valence-electron chi connectivity index (χ0n) is 12.9. The quantitative estimate of drug-likeness (QED) is 0.856. The van der Waals surface area contributed by atoms with E-state index < -0.39 is 0 Å². The van der Waals surface area contributed by atoms with Crippen molar-refractivity contribution in [1.82, 2.24) is 9.88 Å². The molecule has 1 spiro atoms. The summed E-state index contributed by atoms with van der Waals surface area (Å²) in [6, 6.07) is 7.78. The van der Waals surface area contributed by atoms with Crippen LogP contribution in [0.2, 0.25) is 0 Å². The van der Waals surface area contributed by atoms with Gasteiger partial charge >= 0.3 is 0 Å². The lowest BCUT2D eigenvalue weighted by Crippen LogP contribution is -2.60. The number of thiophene rings is 1. The van der Waals surface area contributed by atoms with Gasteiger partial charge in [-0.2, -0.15) is 0 Å². The van der Waals surface area contributed by atoms with E-state index in [4.69, 9.17) is 4.74 Å². The molecule has 23 heavy (non-hydrogen) atoms. The zero-order chi connectivity index (χ0) is 15.9. The van der Waals surface area contributed by atoms with E-state index in [0.717, 1.165) is 35.9 Å². The topological polar surface area (TPSA) is 42.4 Å². The molecule has 4 nitrogen and oxygen atoms in total. The van der Waals surface area contributed by atoms with Gasteiger partial charge in [-0.3, -0.25) is 9.78 Å². The van der Waals surface area contributed by atoms with Crippen LogP contribution in [0, 0.1) is 6.92 Å². The van der Waals surface area contributed by atoms with Crippen molar-refractivity contribution in [1.29, 1.82) is 0 Å². The van der Waals surface area contributed by atoms with Crippen molar-refractivity contribution < 1.29 is 9.53 Å². The minimum atomic E-state index is 0.172. The number of thioether (sulfide) groups is 1. The number of pyridine rings is 1. The molecule has 2 aromatic heterocycles. The van der Waals surface area contributed by atoms with Gasteiger partial charge in [-0.15, -0.1) is 23.1 Å². The summed E-state index contributed by atoms with van der Waals surface area (Å²) in [4.78, 5) is 20.5. The van der Waals surface area contributed by atoms with Crippen LogP contribution in [0.5, 0.6) is 5.75 Å². The van der Waals surface area contributed by atoms with E-state index >= 15 is 0 Å². The van der Waals surface area contributed by atoms with E-state index in [2.05, 4.69) is 4.98 Å². The minimum absolute atomic E-state index is 0.172. The zero-order valence-corrected chi connectivity index (χ0v) is 14.5. The number of aromatic nitrogens is 1. The SMILES string of the molecule is Cc1ccc(C(=O)N2CC3(C[C@@H](Oc4cccnc4)CS3)C2)s1. The molecule has 0 unspecified atom stereocenters. The predicted molar refractivity (Wildman–Crippen MR) is 93.4 cm³/mol. The lowest BCUT2D eigenvalue weighted by molar-refractivity contribution is 0.0523. The first kappa shape index (κ1) is 15.0. The summed E-state index contributed by atoms with van der Waals surface area (Å²) in [6.07, 6.45) is 4.72. The Bertz CT molecular complexity index is 710. The monoisotopic (exact) mass is 346 g/mol. The number of carbonyl (C=O) groups is 1. The van der Waals surface area contributed by atoms with Crippen LogP contribution in [-0.2, 0) is 0 Å². The fourth-order valence-corrected chi connectivity index (χ4v) is 5.56. The molecule has 2 saturated heterocycles. The van der Waals surface area contributed by atoms with Crippen LogP contribution in [0.3, 0.4) is 0 Å². The van der Waals surface area contributed by atoms with Crippen molar-refractivity contribution in [2.75, 3.05) is 18.8 Å². The molecule has 0 bridgehead atoms. The molecule has 4 rings (SSSR count). The van der Waals surface area contributed by atoms with Crippen LogP contribution in [0.25, 0.3) is 0 Å². The molecule has 0 aromatic carbocycles. The second-order valence-corrected chi connectivity index (χ2v) is 8.97. The number of likely N-dealkylation sites (tertiary alicyclic amines) is 1. The molecular formula is C17H18N2O2S2. The maximum Gasteiger partial charge on any atom is 0.264 e. The maximum absolute atomic E-state index is 12.4. The van der Waals surface area contributed by atoms with E-state index in [-0.39, 0.29) is 16.8 Å². The number of nitrogens with zero attached hydrogens (tertiary/aromatic N) is 2. The van der Waals surface area contributed by atoms with Crippen molar-refractivity contribution in [3.05, 3.63) is 46.4 Å². The third-order valence-electron chi connectivity index (χ3n) is 4.31. The summed E-state index contributed by atoms with van der Waals surface area (Å²) in [5.74, 6) is 1.98. The Balaban J connectivity index is 1.33. The molecule has 0 radical (unpaired) electrons. The molecular weight excluding hydrogens is 328 g/mol. The standard InChI is InChI=1S/C17H18N2O2S2/c1-12-4-5-15(23-12)16(20)19-10-17(11-19)7-14(9-22-17)21-13-3-2-6-18-8-13/h2-6,8,14H,7,9-11H2,1H3/t14-/m1/s1. The van der Waals surface area contributed by atoms with E-state index in [0.29, 0.717) is 0 Å². The first-order chi connectivity index (χ1) is 11.1. The Labute approximate surface area is 143 Å². The maximum atomic E-state index is 12.4. The second kappa shape index (κ2) is 5.83. The Morgan fingerprint density at radius 2 is 2.26 bits per heavy atom. The molecule has 0 aliphatic carbocycles. The third-order valence-corrected chi connectivity index (χ3v) is 6.87. The Morgan fingerprint density at radius 1 is 1.39 bits per heavy atom. The van der Waals surface area contributed by atoms with Gasteiger partial charge in [0.2, 0.25) is 0 Å². The third kappa shape index (κ3) is 2.97. The fourth-order valence-electron chi connectivity index (χ4n) is 3.21. The van der Waals surface area contributed by atoms with Crippen LogP contribution in [-0.4, -0.2) is 45.5 Å². The number of ether oxygens (including phenoxy) is 1. The number of hydrogen-bond acceptors (Lipinski definition) is 5. The summed E-state index contributed by atoms with van der Waals surface area (Å²) < 4.78 is 6.19. The van der Waals surface area contributed by atoms with Crippen molar-refractivity contribution in [2.24, 2.45) is 0 Å². The number of hydrogen-bond donors (Lipinski definition) is 0.